The third-order valence-corrected chi connectivity index (χ3v) is 10.5. The van der Waals surface area contributed by atoms with Crippen molar-refractivity contribution in [1.29, 1.82) is 0 Å². The van der Waals surface area contributed by atoms with Gasteiger partial charge in [0.25, 0.3) is 0 Å². The molecule has 3 N–H and O–H groups in total. The molecule has 0 spiro atoms. The minimum atomic E-state index is -4.48. The molecule has 0 bridgehead atoms. The van der Waals surface area contributed by atoms with Crippen LogP contribution >= 0.6 is 0 Å². The maximum absolute atomic E-state index is 14.1. The number of hydrogen-bond acceptors (Lipinski definition) is 4. The van der Waals surface area contributed by atoms with Crippen LogP contribution in [-0.2, 0) is 27.7 Å². The highest BCUT2D eigenvalue weighted by Gasteiger charge is 2.40. The van der Waals surface area contributed by atoms with Crippen LogP contribution in [-0.4, -0.2) is 47.6 Å². The largest absolute Gasteiger partial charge is 0.416 e. The third kappa shape index (κ3) is 9.15. The summed E-state index contributed by atoms with van der Waals surface area (Å²) in [6.45, 7) is 3.64. The molecule has 10 heteroatoms. The molecular formula is C41H47F4N3O3. The molecule has 0 heterocycles. The van der Waals surface area contributed by atoms with E-state index in [0.717, 1.165) is 36.5 Å². The van der Waals surface area contributed by atoms with Crippen LogP contribution in [0.1, 0.15) is 80.7 Å². The SMILES string of the molecule is C[C@H](c1ccc(F)cc1)N(C)C(=O)C1=CC=CC(C)(C(=O)N[C@@H](Cc2ccccc2)[C@H](O)CNC2(c3cccc(C(F)(F)F)c3)CCCCC2)C1. The topological polar surface area (TPSA) is 81.7 Å². The summed E-state index contributed by atoms with van der Waals surface area (Å²) in [4.78, 5) is 29.3. The molecule has 51 heavy (non-hydrogen) atoms. The molecule has 2 aliphatic rings. The Morgan fingerprint density at radius 2 is 1.65 bits per heavy atom. The predicted octanol–water partition coefficient (Wildman–Crippen LogP) is 7.79. The summed E-state index contributed by atoms with van der Waals surface area (Å²) < 4.78 is 54.5. The Kier molecular flexibility index (Phi) is 11.9. The van der Waals surface area contributed by atoms with Crippen LogP contribution in [0.5, 0.6) is 0 Å². The second-order valence-electron chi connectivity index (χ2n) is 14.2. The monoisotopic (exact) mass is 705 g/mol. The molecule has 5 rings (SSSR count). The molecule has 2 aliphatic carbocycles. The number of allylic oxidation sites excluding steroid dienone is 2. The Labute approximate surface area is 297 Å². The maximum Gasteiger partial charge on any atom is 0.416 e. The van der Waals surface area contributed by atoms with Crippen molar-refractivity contribution < 1.29 is 32.3 Å². The highest BCUT2D eigenvalue weighted by molar-refractivity contribution is 5.96. The molecule has 0 saturated heterocycles. The molecular weight excluding hydrogens is 658 g/mol. The highest BCUT2D eigenvalue weighted by Crippen LogP contribution is 2.40. The Morgan fingerprint density at radius 1 is 0.961 bits per heavy atom. The zero-order valence-electron chi connectivity index (χ0n) is 29.3. The van der Waals surface area contributed by atoms with Gasteiger partial charge in [-0.05, 0) is 80.5 Å². The first-order valence-corrected chi connectivity index (χ1v) is 17.6. The molecule has 272 valence electrons. The number of halogens is 4. The van der Waals surface area contributed by atoms with Gasteiger partial charge in [-0.15, -0.1) is 0 Å². The van der Waals surface area contributed by atoms with E-state index >= 15 is 0 Å². The van der Waals surface area contributed by atoms with E-state index in [-0.39, 0.29) is 36.6 Å². The number of aliphatic hydroxyl groups excluding tert-OH is 1. The summed E-state index contributed by atoms with van der Waals surface area (Å²) in [7, 11) is 1.67. The Bertz CT molecular complexity index is 1720. The fourth-order valence-corrected chi connectivity index (χ4v) is 7.20. The Balaban J connectivity index is 1.32. The fourth-order valence-electron chi connectivity index (χ4n) is 7.20. The number of nitrogens with zero attached hydrogens (tertiary/aromatic N) is 1. The highest BCUT2D eigenvalue weighted by atomic mass is 19.4. The summed E-state index contributed by atoms with van der Waals surface area (Å²) in [6, 6.07) is 19.7. The van der Waals surface area contributed by atoms with Crippen molar-refractivity contribution >= 4 is 11.8 Å². The van der Waals surface area contributed by atoms with Crippen molar-refractivity contribution in [2.45, 2.75) is 88.7 Å². The van der Waals surface area contributed by atoms with E-state index < -0.39 is 34.8 Å². The van der Waals surface area contributed by atoms with E-state index in [9.17, 15) is 32.3 Å². The zero-order chi connectivity index (χ0) is 36.8. The number of rotatable bonds is 12. The summed E-state index contributed by atoms with van der Waals surface area (Å²) in [6.07, 6.45) is 3.90. The third-order valence-electron chi connectivity index (χ3n) is 10.5. The van der Waals surface area contributed by atoms with Crippen molar-refractivity contribution in [1.82, 2.24) is 15.5 Å². The molecule has 1 saturated carbocycles. The molecule has 3 aromatic carbocycles. The number of carbonyl (C=O) groups excluding carboxylic acids is 2. The van der Waals surface area contributed by atoms with Gasteiger partial charge in [0.2, 0.25) is 11.8 Å². The molecule has 0 radical (unpaired) electrons. The van der Waals surface area contributed by atoms with Gasteiger partial charge in [0.1, 0.15) is 5.82 Å². The van der Waals surface area contributed by atoms with Crippen LogP contribution in [0, 0.1) is 11.2 Å². The summed E-state index contributed by atoms with van der Waals surface area (Å²) in [5.41, 5.74) is 0.0711. The molecule has 3 aromatic rings. The minimum absolute atomic E-state index is 0.0380. The fraction of sp³-hybridized carbons (Fsp3) is 0.415. The molecule has 0 aliphatic heterocycles. The summed E-state index contributed by atoms with van der Waals surface area (Å²) >= 11 is 0. The molecule has 6 nitrogen and oxygen atoms in total. The van der Waals surface area contributed by atoms with Crippen LogP contribution in [0.4, 0.5) is 17.6 Å². The molecule has 2 amide bonds. The molecule has 1 unspecified atom stereocenters. The number of alkyl halides is 3. The maximum atomic E-state index is 14.1. The van der Waals surface area contributed by atoms with E-state index in [0.29, 0.717) is 30.4 Å². The average Bonchev–Trinajstić information content (AvgIpc) is 3.13. The minimum Gasteiger partial charge on any atom is -0.390 e. The van der Waals surface area contributed by atoms with Crippen molar-refractivity contribution in [3.63, 3.8) is 0 Å². The number of likely N-dealkylation sites (N-methyl/N-ethyl adjacent to an activating group) is 1. The first kappa shape index (κ1) is 38.0. The molecule has 0 aromatic heterocycles. The zero-order valence-corrected chi connectivity index (χ0v) is 29.3. The first-order chi connectivity index (χ1) is 24.2. The number of carbonyl (C=O) groups is 2. The van der Waals surface area contributed by atoms with Crippen molar-refractivity contribution in [3.05, 3.63) is 131 Å². The van der Waals surface area contributed by atoms with Gasteiger partial charge in [-0.2, -0.15) is 13.2 Å². The number of hydrogen-bond donors (Lipinski definition) is 3. The Hall–Kier alpha value is -4.28. The summed E-state index contributed by atoms with van der Waals surface area (Å²) in [5, 5.41) is 18.2. The summed E-state index contributed by atoms with van der Waals surface area (Å²) in [5.74, 6) is -0.984. The molecule has 1 fully saturated rings. The predicted molar refractivity (Wildman–Crippen MR) is 190 cm³/mol. The van der Waals surface area contributed by atoms with E-state index in [1.807, 2.05) is 37.3 Å². The van der Waals surface area contributed by atoms with Gasteiger partial charge in [0.05, 0.1) is 29.2 Å². The van der Waals surface area contributed by atoms with Gasteiger partial charge in [0, 0.05) is 24.7 Å². The lowest BCUT2D eigenvalue weighted by Gasteiger charge is -2.41. The van der Waals surface area contributed by atoms with Gasteiger partial charge in [-0.1, -0.05) is 92.1 Å². The van der Waals surface area contributed by atoms with Crippen molar-refractivity contribution in [2.24, 2.45) is 5.41 Å². The number of benzene rings is 3. The van der Waals surface area contributed by atoms with Gasteiger partial charge in [-0.25, -0.2) is 4.39 Å². The lowest BCUT2D eigenvalue weighted by molar-refractivity contribution is -0.137. The first-order valence-electron chi connectivity index (χ1n) is 17.6. The quantitative estimate of drug-likeness (QED) is 0.168. The van der Waals surface area contributed by atoms with Crippen LogP contribution in [0.15, 0.2) is 103 Å². The standard InChI is InChI=1S/C41H47F4N3O3/c1-28(30-17-19-34(42)20-18-30)48(3)37(50)31-14-11-21-39(2,26-31)38(51)47-35(24-29-12-6-4-7-13-29)36(49)27-46-40(22-8-5-9-23-40)32-15-10-16-33(25-32)41(43,44)45/h4,6-7,10-21,25,28,35-36,46,49H,5,8-9,22-24,26-27H2,1-3H3,(H,47,51)/t28-,35+,36-,39?/m1/s1. The second kappa shape index (κ2) is 15.9. The van der Waals surface area contributed by atoms with Gasteiger partial charge in [-0.3, -0.25) is 9.59 Å². The van der Waals surface area contributed by atoms with Crippen LogP contribution in [0.2, 0.25) is 0 Å². The van der Waals surface area contributed by atoms with Crippen LogP contribution in [0.25, 0.3) is 0 Å². The van der Waals surface area contributed by atoms with Crippen LogP contribution in [0.3, 0.4) is 0 Å². The normalized spacial score (nSPS) is 20.5. The van der Waals surface area contributed by atoms with E-state index in [4.69, 9.17) is 0 Å². The number of nitrogens with one attached hydrogen (secondary N) is 2. The van der Waals surface area contributed by atoms with Crippen molar-refractivity contribution in [3.8, 4) is 0 Å². The number of amides is 2. The average molecular weight is 706 g/mol. The van der Waals surface area contributed by atoms with Gasteiger partial charge in [0.15, 0.2) is 0 Å². The van der Waals surface area contributed by atoms with Gasteiger partial charge >= 0.3 is 6.18 Å². The lowest BCUT2D eigenvalue weighted by atomic mass is 9.76. The van der Waals surface area contributed by atoms with Crippen LogP contribution < -0.4 is 10.6 Å². The smallest absolute Gasteiger partial charge is 0.390 e. The Morgan fingerprint density at radius 3 is 2.31 bits per heavy atom. The van der Waals surface area contributed by atoms with E-state index in [1.54, 1.807) is 55.3 Å². The second-order valence-corrected chi connectivity index (χ2v) is 14.2. The lowest BCUT2D eigenvalue weighted by Crippen LogP contribution is -2.55. The van der Waals surface area contributed by atoms with Crippen molar-refractivity contribution in [2.75, 3.05) is 13.6 Å². The van der Waals surface area contributed by atoms with Gasteiger partial charge < -0.3 is 20.6 Å². The van der Waals surface area contributed by atoms with E-state index in [2.05, 4.69) is 10.6 Å². The van der Waals surface area contributed by atoms with E-state index in [1.165, 1.54) is 24.3 Å². The molecule has 4 atom stereocenters. The number of aliphatic hydroxyl groups is 1.